The molecular weight excluding hydrogens is 453 g/mol. The fourth-order valence-electron chi connectivity index (χ4n) is 3.18. The molecule has 0 aliphatic carbocycles. The lowest BCUT2D eigenvalue weighted by Gasteiger charge is -2.12. The van der Waals surface area contributed by atoms with Crippen LogP contribution in [0.5, 0.6) is 0 Å². The molecule has 2 N–H and O–H groups in total. The van der Waals surface area contributed by atoms with Crippen LogP contribution in [-0.2, 0) is 12.7 Å². The summed E-state index contributed by atoms with van der Waals surface area (Å²) in [6, 6.07) is 7.07. The van der Waals surface area contributed by atoms with Crippen LogP contribution in [0.1, 0.15) is 11.1 Å². The number of alkyl halides is 3. The van der Waals surface area contributed by atoms with Crippen molar-refractivity contribution >= 4 is 40.1 Å². The highest BCUT2D eigenvalue weighted by Crippen LogP contribution is 2.30. The van der Waals surface area contributed by atoms with Gasteiger partial charge in [0.2, 0.25) is 5.95 Å². The summed E-state index contributed by atoms with van der Waals surface area (Å²) in [7, 11) is 0. The van der Waals surface area contributed by atoms with Gasteiger partial charge in [0.15, 0.2) is 22.8 Å². The van der Waals surface area contributed by atoms with Gasteiger partial charge in [-0.05, 0) is 29.1 Å². The van der Waals surface area contributed by atoms with Crippen molar-refractivity contribution in [2.45, 2.75) is 12.7 Å². The molecule has 0 unspecified atom stereocenters. The minimum Gasteiger partial charge on any atom is -0.364 e. The predicted octanol–water partition coefficient (Wildman–Crippen LogP) is 5.04. The second-order valence-electron chi connectivity index (χ2n) is 6.93. The zero-order valence-corrected chi connectivity index (χ0v) is 17.6. The highest BCUT2D eigenvalue weighted by Gasteiger charge is 2.30. The first-order valence-corrected chi connectivity index (χ1v) is 10.6. The van der Waals surface area contributed by atoms with Gasteiger partial charge in [-0.2, -0.15) is 34.5 Å². The molecule has 0 saturated carbocycles. The summed E-state index contributed by atoms with van der Waals surface area (Å²) in [4.78, 5) is 21.7. The number of fused-ring (bicyclic) bond motifs is 1. The largest absolute Gasteiger partial charge is 0.416 e. The molecule has 166 valence electrons. The van der Waals surface area contributed by atoms with E-state index < -0.39 is 11.7 Å². The molecular formula is C21H15F3N8S. The molecule has 4 heterocycles. The van der Waals surface area contributed by atoms with Crippen LogP contribution < -0.4 is 10.6 Å². The van der Waals surface area contributed by atoms with Gasteiger partial charge in [0.1, 0.15) is 6.33 Å². The van der Waals surface area contributed by atoms with Crippen molar-refractivity contribution in [1.82, 2.24) is 29.5 Å². The molecule has 0 bridgehead atoms. The maximum atomic E-state index is 13.1. The quantitative estimate of drug-likeness (QED) is 0.361. The topological polar surface area (TPSA) is 93.4 Å². The van der Waals surface area contributed by atoms with E-state index in [-0.39, 0.29) is 12.5 Å². The minimum absolute atomic E-state index is 0.117. The summed E-state index contributed by atoms with van der Waals surface area (Å²) < 4.78 is 41.0. The van der Waals surface area contributed by atoms with Crippen LogP contribution in [-0.4, -0.2) is 29.5 Å². The fraction of sp³-hybridized carbons (Fsp3) is 0.0952. The van der Waals surface area contributed by atoms with Crippen molar-refractivity contribution in [3.63, 3.8) is 0 Å². The van der Waals surface area contributed by atoms with E-state index in [2.05, 4.69) is 35.6 Å². The molecule has 0 spiro atoms. The van der Waals surface area contributed by atoms with Crippen LogP contribution in [0.4, 0.5) is 30.8 Å². The smallest absolute Gasteiger partial charge is 0.364 e. The Morgan fingerprint density at radius 1 is 1.06 bits per heavy atom. The van der Waals surface area contributed by atoms with Gasteiger partial charge in [-0.3, -0.25) is 9.55 Å². The van der Waals surface area contributed by atoms with E-state index in [1.807, 2.05) is 21.4 Å². The van der Waals surface area contributed by atoms with E-state index in [0.29, 0.717) is 28.4 Å². The van der Waals surface area contributed by atoms with E-state index in [1.165, 1.54) is 29.8 Å². The van der Waals surface area contributed by atoms with Gasteiger partial charge in [0, 0.05) is 24.3 Å². The Morgan fingerprint density at radius 2 is 1.97 bits per heavy atom. The van der Waals surface area contributed by atoms with Crippen molar-refractivity contribution in [3.8, 4) is 5.69 Å². The standard InChI is InChI=1S/C21H15F3N8S/c22-21(23,24)14-3-1-2-13(8-14)9-27-18-17-19(32(12-28-17)15-4-7-33-11-15)31-20(30-18)29-16-10-25-5-6-26-16/h1-8,10-12H,9H2,(H2,26,27,29,30,31). The summed E-state index contributed by atoms with van der Waals surface area (Å²) in [5, 5.41) is 9.99. The lowest BCUT2D eigenvalue weighted by molar-refractivity contribution is -0.137. The molecule has 0 radical (unpaired) electrons. The fourth-order valence-corrected chi connectivity index (χ4v) is 3.81. The summed E-state index contributed by atoms with van der Waals surface area (Å²) in [5.74, 6) is 1.06. The molecule has 0 fully saturated rings. The molecule has 8 nitrogen and oxygen atoms in total. The van der Waals surface area contributed by atoms with Crippen LogP contribution in [0, 0.1) is 0 Å². The van der Waals surface area contributed by atoms with Crippen LogP contribution in [0.3, 0.4) is 0 Å². The first-order valence-electron chi connectivity index (χ1n) is 9.68. The third kappa shape index (κ3) is 4.46. The number of nitrogens with zero attached hydrogens (tertiary/aromatic N) is 6. The first kappa shape index (κ1) is 20.8. The van der Waals surface area contributed by atoms with Crippen LogP contribution >= 0.6 is 11.3 Å². The van der Waals surface area contributed by atoms with Crippen molar-refractivity contribution in [1.29, 1.82) is 0 Å². The molecule has 0 atom stereocenters. The van der Waals surface area contributed by atoms with Gasteiger partial charge < -0.3 is 10.6 Å². The number of benzene rings is 1. The molecule has 0 aliphatic rings. The van der Waals surface area contributed by atoms with E-state index >= 15 is 0 Å². The Kier molecular flexibility index (Phi) is 5.34. The van der Waals surface area contributed by atoms with Gasteiger partial charge in [-0.15, -0.1) is 0 Å². The normalized spacial score (nSPS) is 11.6. The maximum Gasteiger partial charge on any atom is 0.416 e. The third-order valence-electron chi connectivity index (χ3n) is 4.70. The van der Waals surface area contributed by atoms with E-state index in [4.69, 9.17) is 0 Å². The predicted molar refractivity (Wildman–Crippen MR) is 119 cm³/mol. The van der Waals surface area contributed by atoms with Gasteiger partial charge in [-0.25, -0.2) is 9.97 Å². The molecule has 1 aromatic carbocycles. The molecule has 5 aromatic rings. The first-order chi connectivity index (χ1) is 16.0. The molecule has 0 saturated heterocycles. The molecule has 4 aromatic heterocycles. The van der Waals surface area contributed by atoms with Crippen LogP contribution in [0.25, 0.3) is 16.9 Å². The number of halogens is 3. The van der Waals surface area contributed by atoms with E-state index in [0.717, 1.165) is 17.8 Å². The van der Waals surface area contributed by atoms with Crippen molar-refractivity contribution in [2.24, 2.45) is 0 Å². The average molecular weight is 468 g/mol. The summed E-state index contributed by atoms with van der Waals surface area (Å²) >= 11 is 1.53. The lowest BCUT2D eigenvalue weighted by Crippen LogP contribution is -2.09. The molecule has 12 heteroatoms. The molecule has 0 amide bonds. The Hall–Kier alpha value is -4.06. The summed E-state index contributed by atoms with van der Waals surface area (Å²) in [6.45, 7) is 0.117. The summed E-state index contributed by atoms with van der Waals surface area (Å²) in [5.41, 5.74) is 1.65. The third-order valence-corrected chi connectivity index (χ3v) is 5.37. The molecule has 5 rings (SSSR count). The highest BCUT2D eigenvalue weighted by molar-refractivity contribution is 7.08. The number of hydrogen-bond donors (Lipinski definition) is 2. The Morgan fingerprint density at radius 3 is 2.73 bits per heavy atom. The average Bonchev–Trinajstić information content (AvgIpc) is 3.48. The number of aromatic nitrogens is 6. The second kappa shape index (κ2) is 8.47. The number of imidazole rings is 1. The lowest BCUT2D eigenvalue weighted by atomic mass is 10.1. The molecule has 33 heavy (non-hydrogen) atoms. The Bertz CT molecular complexity index is 1380. The van der Waals surface area contributed by atoms with Crippen LogP contribution in [0.2, 0.25) is 0 Å². The number of anilines is 3. The van der Waals surface area contributed by atoms with Gasteiger partial charge in [-0.1, -0.05) is 12.1 Å². The molecule has 0 aliphatic heterocycles. The number of rotatable bonds is 6. The highest BCUT2D eigenvalue weighted by atomic mass is 32.1. The number of nitrogens with one attached hydrogen (secondary N) is 2. The van der Waals surface area contributed by atoms with Gasteiger partial charge >= 0.3 is 6.18 Å². The van der Waals surface area contributed by atoms with Gasteiger partial charge in [0.25, 0.3) is 0 Å². The summed E-state index contributed by atoms with van der Waals surface area (Å²) in [6.07, 6.45) is 1.82. The number of thiophene rings is 1. The maximum absolute atomic E-state index is 13.1. The SMILES string of the molecule is FC(F)(F)c1cccc(CNc2nc(Nc3cnccn3)nc3c2ncn3-c2ccsc2)c1. The Balaban J connectivity index is 1.51. The zero-order chi connectivity index (χ0) is 22.8. The minimum atomic E-state index is -4.41. The van der Waals surface area contributed by atoms with Gasteiger partial charge in [0.05, 0.1) is 17.4 Å². The zero-order valence-electron chi connectivity index (χ0n) is 16.8. The van der Waals surface area contributed by atoms with Crippen molar-refractivity contribution in [2.75, 3.05) is 10.6 Å². The monoisotopic (exact) mass is 468 g/mol. The van der Waals surface area contributed by atoms with E-state index in [9.17, 15) is 13.2 Å². The van der Waals surface area contributed by atoms with Crippen molar-refractivity contribution < 1.29 is 13.2 Å². The van der Waals surface area contributed by atoms with Crippen molar-refractivity contribution in [3.05, 3.63) is 77.1 Å². The van der Waals surface area contributed by atoms with Crippen LogP contribution in [0.15, 0.2) is 66.0 Å². The number of hydrogen-bond acceptors (Lipinski definition) is 8. The Labute approximate surface area is 189 Å². The second-order valence-corrected chi connectivity index (χ2v) is 7.71. The van der Waals surface area contributed by atoms with E-state index in [1.54, 1.807) is 18.6 Å².